The minimum Gasteiger partial charge on any atom is -0.350 e. The Labute approximate surface area is 89.3 Å². The Hall–Kier alpha value is -1.11. The average molecular weight is 289 g/mol. The standard InChI is InChI=1S/C8H8IN3O/c9-7-4-2-1-3-6(7)5-11-12-8(10)13/h1-5H,(H3,10,12,13)/b11-5+. The topological polar surface area (TPSA) is 67.5 Å². The Bertz CT molecular complexity index is 338. The van der Waals surface area contributed by atoms with Gasteiger partial charge in [0, 0.05) is 9.13 Å². The van der Waals surface area contributed by atoms with Gasteiger partial charge in [0.05, 0.1) is 6.21 Å². The van der Waals surface area contributed by atoms with E-state index in [4.69, 9.17) is 5.73 Å². The molecule has 1 aromatic carbocycles. The van der Waals surface area contributed by atoms with Crippen molar-refractivity contribution in [1.82, 2.24) is 5.43 Å². The van der Waals surface area contributed by atoms with Crippen molar-refractivity contribution in [3.63, 3.8) is 0 Å². The lowest BCUT2D eigenvalue weighted by Gasteiger charge is -1.95. The van der Waals surface area contributed by atoms with Gasteiger partial charge in [-0.15, -0.1) is 0 Å². The van der Waals surface area contributed by atoms with Crippen LogP contribution < -0.4 is 11.2 Å². The number of hydrazone groups is 1. The van der Waals surface area contributed by atoms with Crippen LogP contribution >= 0.6 is 22.6 Å². The minimum absolute atomic E-state index is 0.665. The van der Waals surface area contributed by atoms with E-state index >= 15 is 0 Å². The summed E-state index contributed by atoms with van der Waals surface area (Å²) in [4.78, 5) is 10.3. The van der Waals surface area contributed by atoms with Crippen molar-refractivity contribution in [2.45, 2.75) is 0 Å². The van der Waals surface area contributed by atoms with Crippen LogP contribution in [0, 0.1) is 3.57 Å². The number of halogens is 1. The number of urea groups is 1. The molecule has 0 heterocycles. The number of nitrogens with zero attached hydrogens (tertiary/aromatic N) is 1. The van der Waals surface area contributed by atoms with Crippen LogP contribution in [0.3, 0.4) is 0 Å². The summed E-state index contributed by atoms with van der Waals surface area (Å²) < 4.78 is 1.06. The highest BCUT2D eigenvalue weighted by atomic mass is 127. The molecular formula is C8H8IN3O. The molecule has 1 rings (SSSR count). The zero-order valence-electron chi connectivity index (χ0n) is 6.70. The van der Waals surface area contributed by atoms with Gasteiger partial charge >= 0.3 is 6.03 Å². The molecule has 0 radical (unpaired) electrons. The summed E-state index contributed by atoms with van der Waals surface area (Å²) in [5.41, 5.74) is 7.90. The third-order valence-electron chi connectivity index (χ3n) is 1.28. The fourth-order valence-corrected chi connectivity index (χ4v) is 1.27. The number of nitrogens with one attached hydrogen (secondary N) is 1. The fourth-order valence-electron chi connectivity index (χ4n) is 0.745. The monoisotopic (exact) mass is 289 g/mol. The number of benzene rings is 1. The van der Waals surface area contributed by atoms with E-state index in [9.17, 15) is 4.79 Å². The number of nitrogens with two attached hydrogens (primary N) is 1. The Morgan fingerprint density at radius 2 is 2.23 bits per heavy atom. The Morgan fingerprint density at radius 1 is 1.54 bits per heavy atom. The first-order valence-electron chi connectivity index (χ1n) is 3.53. The van der Waals surface area contributed by atoms with E-state index in [1.165, 1.54) is 0 Å². The van der Waals surface area contributed by atoms with E-state index in [1.54, 1.807) is 6.21 Å². The lowest BCUT2D eigenvalue weighted by atomic mass is 10.2. The fraction of sp³-hybridized carbons (Fsp3) is 0. The number of hydrogen-bond donors (Lipinski definition) is 2. The average Bonchev–Trinajstić information content (AvgIpc) is 2.08. The maximum absolute atomic E-state index is 10.3. The third kappa shape index (κ3) is 3.41. The molecule has 0 bridgehead atoms. The molecule has 5 heteroatoms. The maximum atomic E-state index is 10.3. The summed E-state index contributed by atoms with van der Waals surface area (Å²) in [6, 6.07) is 7.01. The van der Waals surface area contributed by atoms with Crippen LogP contribution in [0.5, 0.6) is 0 Å². The quantitative estimate of drug-likeness (QED) is 0.481. The van der Waals surface area contributed by atoms with E-state index in [0.29, 0.717) is 0 Å². The molecule has 0 unspecified atom stereocenters. The van der Waals surface area contributed by atoms with Gasteiger partial charge in [0.15, 0.2) is 0 Å². The summed E-state index contributed by atoms with van der Waals surface area (Å²) in [5.74, 6) is 0. The first-order valence-corrected chi connectivity index (χ1v) is 4.61. The first-order chi connectivity index (χ1) is 6.20. The largest absolute Gasteiger partial charge is 0.350 e. The summed E-state index contributed by atoms with van der Waals surface area (Å²) in [5, 5.41) is 3.65. The van der Waals surface area contributed by atoms with Crippen molar-refractivity contribution in [3.05, 3.63) is 33.4 Å². The number of primary amides is 1. The van der Waals surface area contributed by atoms with Crippen molar-refractivity contribution in [2.24, 2.45) is 10.8 Å². The highest BCUT2D eigenvalue weighted by molar-refractivity contribution is 14.1. The van der Waals surface area contributed by atoms with Crippen molar-refractivity contribution in [3.8, 4) is 0 Å². The van der Waals surface area contributed by atoms with Crippen LogP contribution in [-0.4, -0.2) is 12.2 Å². The zero-order chi connectivity index (χ0) is 9.68. The predicted molar refractivity (Wildman–Crippen MR) is 59.5 cm³/mol. The second kappa shape index (κ2) is 4.80. The van der Waals surface area contributed by atoms with Gasteiger partial charge in [0.2, 0.25) is 0 Å². The van der Waals surface area contributed by atoms with Crippen LogP contribution in [0.1, 0.15) is 5.56 Å². The van der Waals surface area contributed by atoms with E-state index in [0.717, 1.165) is 9.13 Å². The second-order valence-corrected chi connectivity index (χ2v) is 3.42. The molecular weight excluding hydrogens is 281 g/mol. The summed E-state index contributed by atoms with van der Waals surface area (Å²) >= 11 is 2.18. The van der Waals surface area contributed by atoms with Gasteiger partial charge in [-0.2, -0.15) is 5.10 Å². The Morgan fingerprint density at radius 3 is 2.85 bits per heavy atom. The lowest BCUT2D eigenvalue weighted by molar-refractivity contribution is 0.249. The molecule has 2 amide bonds. The number of rotatable bonds is 2. The summed E-state index contributed by atoms with van der Waals surface area (Å²) in [6.45, 7) is 0. The van der Waals surface area contributed by atoms with Gasteiger partial charge in [-0.25, -0.2) is 10.2 Å². The van der Waals surface area contributed by atoms with Gasteiger partial charge in [-0.3, -0.25) is 0 Å². The SMILES string of the molecule is NC(=O)N/N=C/c1ccccc1I. The van der Waals surface area contributed by atoms with Crippen LogP contribution in [0.25, 0.3) is 0 Å². The minimum atomic E-state index is -0.665. The van der Waals surface area contributed by atoms with Crippen molar-refractivity contribution >= 4 is 34.8 Å². The van der Waals surface area contributed by atoms with Crippen molar-refractivity contribution < 1.29 is 4.79 Å². The van der Waals surface area contributed by atoms with Gasteiger partial charge in [0.25, 0.3) is 0 Å². The van der Waals surface area contributed by atoms with E-state index in [1.807, 2.05) is 24.3 Å². The number of hydrogen-bond acceptors (Lipinski definition) is 2. The van der Waals surface area contributed by atoms with E-state index in [-0.39, 0.29) is 0 Å². The van der Waals surface area contributed by atoms with Crippen LogP contribution in [0.4, 0.5) is 4.79 Å². The van der Waals surface area contributed by atoms with Gasteiger partial charge in [0.1, 0.15) is 0 Å². The second-order valence-electron chi connectivity index (χ2n) is 2.26. The number of amides is 2. The van der Waals surface area contributed by atoms with Gasteiger partial charge in [-0.05, 0) is 28.7 Å². The molecule has 4 nitrogen and oxygen atoms in total. The van der Waals surface area contributed by atoms with Crippen molar-refractivity contribution in [1.29, 1.82) is 0 Å². The molecule has 0 saturated carbocycles. The highest BCUT2D eigenvalue weighted by Crippen LogP contribution is 2.08. The number of carbonyl (C=O) groups is 1. The third-order valence-corrected chi connectivity index (χ3v) is 2.27. The van der Waals surface area contributed by atoms with Crippen molar-refractivity contribution in [2.75, 3.05) is 0 Å². The maximum Gasteiger partial charge on any atom is 0.332 e. The normalized spacial score (nSPS) is 10.2. The first kappa shape index (κ1) is 9.97. The molecule has 0 aliphatic carbocycles. The summed E-state index contributed by atoms with van der Waals surface area (Å²) in [6.07, 6.45) is 1.55. The van der Waals surface area contributed by atoms with Gasteiger partial charge < -0.3 is 5.73 Å². The van der Waals surface area contributed by atoms with E-state index in [2.05, 4.69) is 33.1 Å². The lowest BCUT2D eigenvalue weighted by Crippen LogP contribution is -2.24. The zero-order valence-corrected chi connectivity index (χ0v) is 8.86. The molecule has 0 spiro atoms. The smallest absolute Gasteiger partial charge is 0.332 e. The van der Waals surface area contributed by atoms with Gasteiger partial charge in [-0.1, -0.05) is 18.2 Å². The molecule has 13 heavy (non-hydrogen) atoms. The Kier molecular flexibility index (Phi) is 3.69. The molecule has 0 aromatic heterocycles. The van der Waals surface area contributed by atoms with E-state index < -0.39 is 6.03 Å². The predicted octanol–water partition coefficient (Wildman–Crippen LogP) is 1.29. The van der Waals surface area contributed by atoms with Crippen LogP contribution in [-0.2, 0) is 0 Å². The highest BCUT2D eigenvalue weighted by Gasteiger charge is 1.93. The molecule has 0 aliphatic heterocycles. The molecule has 0 saturated heterocycles. The molecule has 68 valence electrons. The summed E-state index contributed by atoms with van der Waals surface area (Å²) in [7, 11) is 0. The number of carbonyl (C=O) groups excluding carboxylic acids is 1. The molecule has 1 aromatic rings. The molecule has 0 fully saturated rings. The van der Waals surface area contributed by atoms with Crippen LogP contribution in [0.2, 0.25) is 0 Å². The molecule has 0 aliphatic rings. The van der Waals surface area contributed by atoms with Crippen LogP contribution in [0.15, 0.2) is 29.4 Å². The Balaban J connectivity index is 2.68. The molecule has 0 atom stereocenters. The molecule has 3 N–H and O–H groups in total.